The van der Waals surface area contributed by atoms with Gasteiger partial charge in [-0.25, -0.2) is 13.8 Å². The average Bonchev–Trinajstić information content (AvgIpc) is 3.48. The number of ether oxygens (including phenoxy) is 1. The molecule has 1 fully saturated rings. The van der Waals surface area contributed by atoms with Gasteiger partial charge in [0.05, 0.1) is 18.9 Å². The van der Waals surface area contributed by atoms with Gasteiger partial charge in [0.15, 0.2) is 0 Å². The van der Waals surface area contributed by atoms with E-state index in [2.05, 4.69) is 15.1 Å². The van der Waals surface area contributed by atoms with Gasteiger partial charge in [0.25, 0.3) is 5.71 Å². The molecular formula is C21H18F2N4O3. The fourth-order valence-electron chi connectivity index (χ4n) is 3.75. The molecule has 154 valence electrons. The van der Waals surface area contributed by atoms with Crippen molar-refractivity contribution >= 4 is 16.9 Å². The third-order valence-electron chi connectivity index (χ3n) is 5.06. The van der Waals surface area contributed by atoms with Gasteiger partial charge in [-0.05, 0) is 37.1 Å². The van der Waals surface area contributed by atoms with Crippen molar-refractivity contribution in [2.24, 2.45) is 0 Å². The van der Waals surface area contributed by atoms with E-state index in [9.17, 15) is 8.78 Å². The summed E-state index contributed by atoms with van der Waals surface area (Å²) in [6.45, 7) is 1.72. The van der Waals surface area contributed by atoms with Gasteiger partial charge in [0.2, 0.25) is 0 Å². The number of fused-ring (bicyclic) bond motifs is 1. The minimum atomic E-state index is -0.702. The SMILES string of the molecule is Fc1cc(F)cc(-c2noc3ncnc(N(Cc4ccco4)CC4CCCO4)c23)c1. The predicted molar refractivity (Wildman–Crippen MR) is 104 cm³/mol. The maximum atomic E-state index is 13.8. The van der Waals surface area contributed by atoms with Gasteiger partial charge in [-0.3, -0.25) is 0 Å². The third kappa shape index (κ3) is 3.63. The third-order valence-corrected chi connectivity index (χ3v) is 5.06. The quantitative estimate of drug-likeness (QED) is 0.466. The lowest BCUT2D eigenvalue weighted by Crippen LogP contribution is -2.32. The van der Waals surface area contributed by atoms with Crippen molar-refractivity contribution in [2.45, 2.75) is 25.5 Å². The fraction of sp³-hybridized carbons (Fsp3) is 0.286. The summed E-state index contributed by atoms with van der Waals surface area (Å²) in [6.07, 6.45) is 4.97. The fourth-order valence-corrected chi connectivity index (χ4v) is 3.75. The van der Waals surface area contributed by atoms with Gasteiger partial charge in [-0.15, -0.1) is 0 Å². The molecule has 0 radical (unpaired) electrons. The average molecular weight is 412 g/mol. The first-order valence-corrected chi connectivity index (χ1v) is 9.63. The van der Waals surface area contributed by atoms with Crippen LogP contribution >= 0.6 is 0 Å². The number of halogens is 2. The molecule has 0 bridgehead atoms. The molecule has 4 heterocycles. The molecule has 1 aliphatic heterocycles. The monoisotopic (exact) mass is 412 g/mol. The first-order valence-electron chi connectivity index (χ1n) is 9.63. The molecule has 1 aliphatic rings. The van der Waals surface area contributed by atoms with Crippen molar-refractivity contribution in [2.75, 3.05) is 18.1 Å². The molecule has 1 atom stereocenters. The number of anilines is 1. The zero-order valence-corrected chi connectivity index (χ0v) is 15.9. The van der Waals surface area contributed by atoms with Crippen LogP contribution in [0.3, 0.4) is 0 Å². The molecule has 1 unspecified atom stereocenters. The first-order chi connectivity index (χ1) is 14.7. The normalized spacial score (nSPS) is 16.4. The molecule has 0 amide bonds. The zero-order chi connectivity index (χ0) is 20.5. The van der Waals surface area contributed by atoms with Crippen molar-refractivity contribution in [1.82, 2.24) is 15.1 Å². The highest BCUT2D eigenvalue weighted by Gasteiger charge is 2.26. The Morgan fingerprint density at radius 3 is 2.73 bits per heavy atom. The molecule has 0 aliphatic carbocycles. The molecule has 1 saturated heterocycles. The van der Waals surface area contributed by atoms with Crippen LogP contribution in [0.1, 0.15) is 18.6 Å². The number of furan rings is 1. The molecule has 9 heteroatoms. The maximum Gasteiger partial charge on any atom is 0.263 e. The first kappa shape index (κ1) is 18.7. The van der Waals surface area contributed by atoms with Gasteiger partial charge in [-0.1, -0.05) is 5.16 Å². The Balaban J connectivity index is 1.62. The van der Waals surface area contributed by atoms with E-state index in [4.69, 9.17) is 13.7 Å². The van der Waals surface area contributed by atoms with E-state index >= 15 is 0 Å². The Hall–Kier alpha value is -3.33. The Labute approximate surface area is 170 Å². The summed E-state index contributed by atoms with van der Waals surface area (Å²) in [4.78, 5) is 10.6. The maximum absolute atomic E-state index is 13.8. The van der Waals surface area contributed by atoms with Gasteiger partial charge < -0.3 is 18.6 Å². The predicted octanol–water partition coefficient (Wildman–Crippen LogP) is 4.34. The van der Waals surface area contributed by atoms with Crippen molar-refractivity contribution in [3.05, 3.63) is 60.3 Å². The van der Waals surface area contributed by atoms with Crippen molar-refractivity contribution in [3.8, 4) is 11.3 Å². The largest absolute Gasteiger partial charge is 0.467 e. The number of benzene rings is 1. The summed E-state index contributed by atoms with van der Waals surface area (Å²) in [5.41, 5.74) is 0.754. The van der Waals surface area contributed by atoms with Crippen LogP contribution in [0.5, 0.6) is 0 Å². The Morgan fingerprint density at radius 2 is 2.00 bits per heavy atom. The number of hydrogen-bond acceptors (Lipinski definition) is 7. The van der Waals surface area contributed by atoms with E-state index in [-0.39, 0.29) is 23.1 Å². The highest BCUT2D eigenvalue weighted by atomic mass is 19.1. The summed E-state index contributed by atoms with van der Waals surface area (Å²) in [5.74, 6) is -0.125. The summed E-state index contributed by atoms with van der Waals surface area (Å²) in [5, 5.41) is 4.51. The lowest BCUT2D eigenvalue weighted by molar-refractivity contribution is 0.115. The molecule has 1 aromatic carbocycles. The van der Waals surface area contributed by atoms with E-state index in [1.165, 1.54) is 18.5 Å². The number of nitrogens with zero attached hydrogens (tertiary/aromatic N) is 4. The molecule has 0 spiro atoms. The number of rotatable bonds is 6. The lowest BCUT2D eigenvalue weighted by Gasteiger charge is -2.26. The van der Waals surface area contributed by atoms with Crippen LogP contribution in [-0.4, -0.2) is 34.4 Å². The molecule has 30 heavy (non-hydrogen) atoms. The minimum Gasteiger partial charge on any atom is -0.467 e. The molecular weight excluding hydrogens is 394 g/mol. The summed E-state index contributed by atoms with van der Waals surface area (Å²) in [7, 11) is 0. The molecule has 4 aromatic rings. The van der Waals surface area contributed by atoms with Crippen molar-refractivity contribution in [3.63, 3.8) is 0 Å². The van der Waals surface area contributed by atoms with E-state index in [0.717, 1.165) is 31.3 Å². The second-order valence-electron chi connectivity index (χ2n) is 7.16. The summed E-state index contributed by atoms with van der Waals surface area (Å²) < 4.78 is 44.4. The van der Waals surface area contributed by atoms with E-state index in [0.29, 0.717) is 24.3 Å². The van der Waals surface area contributed by atoms with Crippen molar-refractivity contribution < 1.29 is 22.5 Å². The van der Waals surface area contributed by atoms with Gasteiger partial charge >= 0.3 is 0 Å². The van der Waals surface area contributed by atoms with Crippen molar-refractivity contribution in [1.29, 1.82) is 0 Å². The number of hydrogen-bond donors (Lipinski definition) is 0. The van der Waals surface area contributed by atoms with Crippen LogP contribution in [0, 0.1) is 11.6 Å². The van der Waals surface area contributed by atoms with Gasteiger partial charge in [0.1, 0.15) is 40.6 Å². The Bertz CT molecular complexity index is 1140. The van der Waals surface area contributed by atoms with Gasteiger partial charge in [-0.2, -0.15) is 4.98 Å². The highest BCUT2D eigenvalue weighted by Crippen LogP contribution is 2.35. The second-order valence-corrected chi connectivity index (χ2v) is 7.16. The van der Waals surface area contributed by atoms with Crippen LogP contribution in [-0.2, 0) is 11.3 Å². The van der Waals surface area contributed by atoms with E-state index in [1.54, 1.807) is 6.26 Å². The highest BCUT2D eigenvalue weighted by molar-refractivity contribution is 5.97. The molecule has 0 saturated carbocycles. The molecule has 7 nitrogen and oxygen atoms in total. The second kappa shape index (κ2) is 7.83. The minimum absolute atomic E-state index is 0.0416. The summed E-state index contributed by atoms with van der Waals surface area (Å²) >= 11 is 0. The van der Waals surface area contributed by atoms with Crippen LogP contribution in [0.2, 0.25) is 0 Å². The topological polar surface area (TPSA) is 77.4 Å². The van der Waals surface area contributed by atoms with Gasteiger partial charge in [0, 0.05) is 24.8 Å². The van der Waals surface area contributed by atoms with E-state index in [1.807, 2.05) is 17.0 Å². The summed E-state index contributed by atoms with van der Waals surface area (Å²) in [6, 6.07) is 6.90. The lowest BCUT2D eigenvalue weighted by atomic mass is 10.1. The molecule has 3 aromatic heterocycles. The van der Waals surface area contributed by atoms with E-state index < -0.39 is 11.6 Å². The molecule has 0 N–H and O–H groups in total. The zero-order valence-electron chi connectivity index (χ0n) is 15.9. The van der Waals surface area contributed by atoms with Crippen LogP contribution in [0.15, 0.2) is 51.9 Å². The Kier molecular flexibility index (Phi) is 4.88. The number of aromatic nitrogens is 3. The standard InChI is InChI=1S/C21H18F2N4O3/c22-14-7-13(8-15(23)9-14)19-18-20(24-12-25-21(18)30-26-19)27(10-16-3-1-5-28-16)11-17-4-2-6-29-17/h1,3,5,7-9,12,17H,2,4,6,10-11H2. The van der Waals surface area contributed by atoms with Crippen LogP contribution in [0.4, 0.5) is 14.6 Å². The smallest absolute Gasteiger partial charge is 0.263 e. The molecule has 5 rings (SSSR count). The Morgan fingerprint density at radius 1 is 1.13 bits per heavy atom. The van der Waals surface area contributed by atoms with Crippen LogP contribution in [0.25, 0.3) is 22.4 Å². The van der Waals surface area contributed by atoms with Crippen LogP contribution < -0.4 is 4.90 Å².